The summed E-state index contributed by atoms with van der Waals surface area (Å²) in [6.07, 6.45) is 6.92. The van der Waals surface area contributed by atoms with Gasteiger partial charge in [0.1, 0.15) is 5.82 Å². The van der Waals surface area contributed by atoms with Crippen LogP contribution in [-0.2, 0) is 49.1 Å². The zero-order valence-corrected chi connectivity index (χ0v) is 34.6. The first-order valence-electron chi connectivity index (χ1n) is 19.7. The third-order valence-electron chi connectivity index (χ3n) is 9.80. The van der Waals surface area contributed by atoms with Gasteiger partial charge in [0.2, 0.25) is 0 Å². The Hall–Kier alpha value is -5.91. The number of carbonyl (C=O) groups is 1. The van der Waals surface area contributed by atoms with Gasteiger partial charge in [0.15, 0.2) is 5.12 Å². The van der Waals surface area contributed by atoms with Crippen LogP contribution in [0.5, 0.6) is 0 Å². The molecule has 0 amide bonds. The van der Waals surface area contributed by atoms with E-state index in [0.29, 0.717) is 11.6 Å². The predicted molar refractivity (Wildman–Crippen MR) is 237 cm³/mol. The normalized spacial score (nSPS) is 10.2. The molecule has 0 spiro atoms. The molecule has 0 saturated carbocycles. The lowest BCUT2D eigenvalue weighted by Crippen LogP contribution is -1.98. The fraction of sp³-hybridized carbons (Fsp3) is 0.269. The summed E-state index contributed by atoms with van der Waals surface area (Å²) in [7, 11) is 0. The van der Waals surface area contributed by atoms with Crippen LogP contribution in [0.3, 0.4) is 0 Å². The number of thioether (sulfide) groups is 1. The van der Waals surface area contributed by atoms with Gasteiger partial charge in [-0.1, -0.05) is 113 Å². The molecule has 2 N–H and O–H groups in total. The number of nitrogens with zero attached hydrogens (tertiary/aromatic N) is 1. The summed E-state index contributed by atoms with van der Waals surface area (Å²) in [5, 5.41) is 0.128. The molecule has 5 rings (SSSR count). The summed E-state index contributed by atoms with van der Waals surface area (Å²) in [4.78, 5) is 15.5. The Morgan fingerprint density at radius 2 is 0.821 bits per heavy atom. The second-order valence-electron chi connectivity index (χ2n) is 13.6. The van der Waals surface area contributed by atoms with Crippen molar-refractivity contribution in [2.24, 2.45) is 0 Å². The lowest BCUT2D eigenvalue weighted by molar-refractivity contribution is -0.109. The van der Waals surface area contributed by atoms with Gasteiger partial charge in [-0.25, -0.2) is 4.98 Å². The van der Waals surface area contributed by atoms with Crippen LogP contribution in [0.2, 0.25) is 0 Å². The number of nitrogens with two attached hydrogens (primary N) is 1. The second-order valence-corrected chi connectivity index (χ2v) is 14.7. The smallest absolute Gasteiger partial charge is 0.186 e. The molecule has 0 bridgehead atoms. The van der Waals surface area contributed by atoms with Crippen molar-refractivity contribution in [3.05, 3.63) is 162 Å². The number of anilines is 1. The van der Waals surface area contributed by atoms with Crippen molar-refractivity contribution in [3.8, 4) is 47.4 Å². The van der Waals surface area contributed by atoms with Crippen molar-refractivity contribution in [2.75, 3.05) is 5.73 Å². The van der Waals surface area contributed by atoms with E-state index in [4.69, 9.17) is 5.73 Å². The molecule has 0 unspecified atom stereocenters. The average Bonchev–Trinajstić information content (AvgIpc) is 3.23. The molecule has 0 atom stereocenters. The summed E-state index contributed by atoms with van der Waals surface area (Å²) in [5.41, 5.74) is 22.2. The molecule has 56 heavy (non-hydrogen) atoms. The van der Waals surface area contributed by atoms with Gasteiger partial charge in [-0.05, 0) is 138 Å². The quantitative estimate of drug-likeness (QED) is 0.161. The summed E-state index contributed by atoms with van der Waals surface area (Å²) < 4.78 is 0. The van der Waals surface area contributed by atoms with Gasteiger partial charge in [-0.2, -0.15) is 0 Å². The largest absolute Gasteiger partial charge is 0.384 e. The molecule has 0 aliphatic carbocycles. The van der Waals surface area contributed by atoms with E-state index in [0.717, 1.165) is 88.6 Å². The average molecular weight is 751 g/mol. The maximum atomic E-state index is 11.3. The van der Waals surface area contributed by atoms with E-state index < -0.39 is 0 Å². The van der Waals surface area contributed by atoms with Gasteiger partial charge in [-0.15, -0.1) is 0 Å². The maximum absolute atomic E-state index is 11.3. The summed E-state index contributed by atoms with van der Waals surface area (Å²) >= 11 is 1.32. The SMILES string of the molecule is CCc1cc(C#Cc2cc(CC)c(C#Cc3cc(CC)c(C#Cc4ccc(N)nc4)cc3CC)cc2CC)c(CC)cc1C#Cc1ccc(CSC(C)=O)cc1. The van der Waals surface area contributed by atoms with Crippen LogP contribution >= 0.6 is 11.8 Å². The number of pyridine rings is 1. The van der Waals surface area contributed by atoms with Crippen LogP contribution in [0, 0.1) is 47.4 Å². The van der Waals surface area contributed by atoms with E-state index in [1.165, 1.54) is 45.1 Å². The highest BCUT2D eigenvalue weighted by Crippen LogP contribution is 2.23. The molecule has 0 aliphatic heterocycles. The monoisotopic (exact) mass is 750 g/mol. The van der Waals surface area contributed by atoms with Gasteiger partial charge < -0.3 is 5.73 Å². The molecule has 0 radical (unpaired) electrons. The molecule has 4 heteroatoms. The highest BCUT2D eigenvalue weighted by atomic mass is 32.2. The topological polar surface area (TPSA) is 56.0 Å². The van der Waals surface area contributed by atoms with Crippen LogP contribution < -0.4 is 5.73 Å². The minimum atomic E-state index is 0.128. The summed E-state index contributed by atoms with van der Waals surface area (Å²) in [6.45, 7) is 14.6. The van der Waals surface area contributed by atoms with E-state index in [1.807, 2.05) is 30.3 Å². The number of rotatable bonds is 8. The fourth-order valence-electron chi connectivity index (χ4n) is 6.42. The van der Waals surface area contributed by atoms with E-state index >= 15 is 0 Å². The second kappa shape index (κ2) is 20.1. The number of nitrogen functional groups attached to an aromatic ring is 1. The van der Waals surface area contributed by atoms with Crippen LogP contribution in [0.4, 0.5) is 5.82 Å². The molecule has 5 aromatic rings. The molecule has 0 aliphatic rings. The third-order valence-corrected chi connectivity index (χ3v) is 10.7. The van der Waals surface area contributed by atoms with Gasteiger partial charge in [0.25, 0.3) is 0 Å². The molecular formula is C52H50N2OS. The van der Waals surface area contributed by atoms with Gasteiger partial charge in [0.05, 0.1) is 0 Å². The fourth-order valence-corrected chi connectivity index (χ4v) is 6.98. The van der Waals surface area contributed by atoms with Crippen molar-refractivity contribution >= 4 is 22.7 Å². The minimum absolute atomic E-state index is 0.128. The van der Waals surface area contributed by atoms with Gasteiger partial charge in [-0.3, -0.25) is 4.79 Å². The van der Waals surface area contributed by atoms with Crippen molar-refractivity contribution in [1.29, 1.82) is 0 Å². The Kier molecular flexibility index (Phi) is 14.8. The first-order chi connectivity index (χ1) is 27.2. The predicted octanol–water partition coefficient (Wildman–Crippen LogP) is 10.4. The number of carbonyl (C=O) groups excluding carboxylic acids is 1. The van der Waals surface area contributed by atoms with Crippen molar-refractivity contribution in [2.45, 2.75) is 92.7 Å². The van der Waals surface area contributed by atoms with Crippen LogP contribution in [0.15, 0.2) is 79.0 Å². The first kappa shape index (κ1) is 41.3. The maximum Gasteiger partial charge on any atom is 0.186 e. The van der Waals surface area contributed by atoms with Crippen LogP contribution in [0.1, 0.15) is 132 Å². The third kappa shape index (κ3) is 10.9. The number of hydrogen-bond acceptors (Lipinski definition) is 4. The van der Waals surface area contributed by atoms with E-state index in [2.05, 4.69) is 130 Å². The van der Waals surface area contributed by atoms with E-state index in [-0.39, 0.29) is 5.12 Å². The zero-order chi connectivity index (χ0) is 40.0. The number of aryl methyl sites for hydroxylation is 6. The molecule has 1 heterocycles. The lowest BCUT2D eigenvalue weighted by atomic mass is 9.93. The molecule has 4 aromatic carbocycles. The highest BCUT2D eigenvalue weighted by Gasteiger charge is 2.10. The standard InChI is InChI=1S/C52H50N2OS/c1-8-40-30-48(42(10-3)28-46(40)21-18-37-14-16-39(17-15-37)35-56-36(7)55)23-25-50-32-45(13-6)51(33-44(50)12-5)26-24-49-31-41(9-2)47(29-43(49)11-4)22-19-38-20-27-52(53)54-34-38/h14-17,20,27-34H,8-13,35H2,1-7H3,(H2,53,54). The van der Waals surface area contributed by atoms with Crippen molar-refractivity contribution in [1.82, 2.24) is 4.98 Å². The summed E-state index contributed by atoms with van der Waals surface area (Å²) in [6, 6.07) is 25.2. The molecule has 0 saturated heterocycles. The van der Waals surface area contributed by atoms with Crippen LogP contribution in [0.25, 0.3) is 0 Å². The first-order valence-corrected chi connectivity index (χ1v) is 20.7. The summed E-state index contributed by atoms with van der Waals surface area (Å²) in [5.74, 6) is 28.8. The molecule has 3 nitrogen and oxygen atoms in total. The molecular weight excluding hydrogens is 701 g/mol. The van der Waals surface area contributed by atoms with Gasteiger partial charge >= 0.3 is 0 Å². The van der Waals surface area contributed by atoms with Crippen molar-refractivity contribution in [3.63, 3.8) is 0 Å². The molecule has 0 fully saturated rings. The highest BCUT2D eigenvalue weighted by molar-refractivity contribution is 8.12. The molecule has 280 valence electrons. The molecule has 1 aromatic heterocycles. The Balaban J connectivity index is 1.43. The zero-order valence-electron chi connectivity index (χ0n) is 33.8. The van der Waals surface area contributed by atoms with E-state index in [1.54, 1.807) is 19.2 Å². The van der Waals surface area contributed by atoms with Gasteiger partial charge in [0, 0.05) is 63.4 Å². The van der Waals surface area contributed by atoms with Crippen LogP contribution in [-0.4, -0.2) is 10.1 Å². The Morgan fingerprint density at radius 1 is 0.500 bits per heavy atom. The Morgan fingerprint density at radius 3 is 1.12 bits per heavy atom. The Bertz CT molecular complexity index is 2480. The lowest BCUT2D eigenvalue weighted by Gasteiger charge is -2.10. The Labute approximate surface area is 339 Å². The van der Waals surface area contributed by atoms with Crippen molar-refractivity contribution < 1.29 is 4.79 Å². The number of hydrogen-bond donors (Lipinski definition) is 1. The van der Waals surface area contributed by atoms with E-state index in [9.17, 15) is 4.79 Å². The number of benzene rings is 4. The minimum Gasteiger partial charge on any atom is -0.384 e. The number of aromatic nitrogens is 1.